The van der Waals surface area contributed by atoms with E-state index in [2.05, 4.69) is 0 Å². The first-order valence-corrected chi connectivity index (χ1v) is 14.2. The number of Topliss-reactive ketones (excluding diaryl/α,β-unsaturated/α-hetero) is 1. The molecule has 1 amide bonds. The molecule has 1 aliphatic heterocycles. The lowest BCUT2D eigenvalue weighted by Gasteiger charge is -2.14. The van der Waals surface area contributed by atoms with Crippen molar-refractivity contribution in [2.75, 3.05) is 27.4 Å². The number of carbonyl (C=O) groups is 4. The lowest BCUT2D eigenvalue weighted by molar-refractivity contribution is -0.141. The molecule has 0 spiro atoms. The molecule has 224 valence electrons. The van der Waals surface area contributed by atoms with Gasteiger partial charge in [0.25, 0.3) is 0 Å². The number of amides is 1. The maximum absolute atomic E-state index is 12.6. The van der Waals surface area contributed by atoms with E-state index in [1.54, 1.807) is 30.2 Å². The van der Waals surface area contributed by atoms with Gasteiger partial charge in [-0.1, -0.05) is 6.92 Å². The highest BCUT2D eigenvalue weighted by Crippen LogP contribution is 2.38. The number of ether oxygens (including phenoxy) is 4. The molecule has 0 radical (unpaired) electrons. The van der Waals surface area contributed by atoms with Crippen LogP contribution in [0.5, 0.6) is 23.0 Å². The van der Waals surface area contributed by atoms with Crippen molar-refractivity contribution < 1.29 is 48.3 Å². The van der Waals surface area contributed by atoms with E-state index in [1.165, 1.54) is 25.4 Å². The highest BCUT2D eigenvalue weighted by molar-refractivity contribution is 7.20. The SMILES string of the molecule is COc1cc2c(cc1OCCCOc1cc3cc(C(=O)CC(C)C(=O)O)sc3cc1OC)CN(C(=O)CCC(=O)O)C2. The summed E-state index contributed by atoms with van der Waals surface area (Å²) < 4.78 is 23.8. The first-order valence-electron chi connectivity index (χ1n) is 13.4. The van der Waals surface area contributed by atoms with Crippen molar-refractivity contribution in [3.8, 4) is 23.0 Å². The second kappa shape index (κ2) is 13.6. The van der Waals surface area contributed by atoms with Gasteiger partial charge in [-0.15, -0.1) is 11.3 Å². The molecular weight excluding hydrogens is 566 g/mol. The van der Waals surface area contributed by atoms with E-state index >= 15 is 0 Å². The standard InChI is InChI=1S/C30H33NO10S/c1-17(30(36)37)9-21(32)27-13-18-10-24(23(39-3)14-26(18)42-27)40-7-4-8-41-25-12-20-16-31(28(33)5-6-29(34)35)15-19(20)11-22(25)38-2/h10-14,17H,4-9,15-16H2,1-3H3,(H,34,35)(H,36,37). The summed E-state index contributed by atoms with van der Waals surface area (Å²) in [7, 11) is 3.08. The quantitative estimate of drug-likeness (QED) is 0.185. The number of thiophene rings is 1. The first kappa shape index (κ1) is 30.6. The number of methoxy groups -OCH3 is 2. The summed E-state index contributed by atoms with van der Waals surface area (Å²) in [4.78, 5) is 49.0. The van der Waals surface area contributed by atoms with Crippen LogP contribution < -0.4 is 18.9 Å². The first-order chi connectivity index (χ1) is 20.1. The highest BCUT2D eigenvalue weighted by atomic mass is 32.1. The maximum Gasteiger partial charge on any atom is 0.306 e. The van der Waals surface area contributed by atoms with Crippen molar-refractivity contribution in [2.45, 2.75) is 45.7 Å². The summed E-state index contributed by atoms with van der Waals surface area (Å²) in [5.41, 5.74) is 1.86. The molecule has 2 N–H and O–H groups in total. The van der Waals surface area contributed by atoms with E-state index in [0.29, 0.717) is 60.6 Å². The summed E-state index contributed by atoms with van der Waals surface area (Å²) >= 11 is 1.29. The van der Waals surface area contributed by atoms with Crippen molar-refractivity contribution in [1.29, 1.82) is 0 Å². The molecule has 4 rings (SSSR count). The molecule has 11 nitrogen and oxygen atoms in total. The van der Waals surface area contributed by atoms with Crippen LogP contribution in [0.1, 0.15) is 53.4 Å². The Balaban J connectivity index is 1.33. The Hall–Kier alpha value is -4.32. The number of carboxylic acid groups (broad SMARTS) is 2. The average molecular weight is 600 g/mol. The van der Waals surface area contributed by atoms with Gasteiger partial charge >= 0.3 is 11.9 Å². The van der Waals surface area contributed by atoms with Crippen molar-refractivity contribution in [1.82, 2.24) is 4.90 Å². The van der Waals surface area contributed by atoms with Gasteiger partial charge in [0.15, 0.2) is 28.8 Å². The third kappa shape index (κ3) is 7.30. The minimum atomic E-state index is -1.01. The Morgan fingerprint density at radius 1 is 0.857 bits per heavy atom. The molecule has 1 aliphatic rings. The van der Waals surface area contributed by atoms with Crippen LogP contribution in [-0.4, -0.2) is 66.2 Å². The van der Waals surface area contributed by atoms with Gasteiger partial charge in [0, 0.05) is 43.1 Å². The van der Waals surface area contributed by atoms with E-state index in [0.717, 1.165) is 21.2 Å². The number of hydrogen-bond donors (Lipinski definition) is 2. The van der Waals surface area contributed by atoms with E-state index in [-0.39, 0.29) is 31.0 Å². The molecule has 1 atom stereocenters. The van der Waals surface area contributed by atoms with Crippen LogP contribution in [0.2, 0.25) is 0 Å². The van der Waals surface area contributed by atoms with E-state index in [1.807, 2.05) is 12.1 Å². The van der Waals surface area contributed by atoms with E-state index < -0.39 is 17.9 Å². The molecule has 12 heteroatoms. The molecule has 1 unspecified atom stereocenters. The molecule has 0 fully saturated rings. The van der Waals surface area contributed by atoms with Gasteiger partial charge in [-0.05, 0) is 40.8 Å². The molecule has 1 aromatic heterocycles. The summed E-state index contributed by atoms with van der Waals surface area (Å²) in [6, 6.07) is 9.04. The molecule has 0 saturated heterocycles. The number of carbonyl (C=O) groups excluding carboxylic acids is 2. The van der Waals surface area contributed by atoms with Gasteiger partial charge < -0.3 is 34.1 Å². The number of benzene rings is 2. The Kier molecular flexibility index (Phi) is 9.89. The Labute approximate surface area is 246 Å². The second-order valence-corrected chi connectivity index (χ2v) is 11.1. The van der Waals surface area contributed by atoms with Gasteiger partial charge in [-0.25, -0.2) is 0 Å². The van der Waals surface area contributed by atoms with E-state index in [9.17, 15) is 19.2 Å². The molecular formula is C30H33NO10S. The van der Waals surface area contributed by atoms with Crippen molar-refractivity contribution in [3.63, 3.8) is 0 Å². The number of ketones is 1. The minimum absolute atomic E-state index is 0.0424. The van der Waals surface area contributed by atoms with Gasteiger partial charge in [-0.2, -0.15) is 0 Å². The molecule has 2 aromatic carbocycles. The highest BCUT2D eigenvalue weighted by Gasteiger charge is 2.26. The summed E-state index contributed by atoms with van der Waals surface area (Å²) in [6.07, 6.45) is 0.231. The number of hydrogen-bond acceptors (Lipinski definition) is 9. The smallest absolute Gasteiger partial charge is 0.306 e. The molecule has 3 aromatic rings. The lowest BCUT2D eigenvalue weighted by atomic mass is 10.0. The van der Waals surface area contributed by atoms with Gasteiger partial charge in [0.05, 0.1) is 44.6 Å². The predicted molar refractivity (Wildman–Crippen MR) is 154 cm³/mol. The Morgan fingerprint density at radius 2 is 1.45 bits per heavy atom. The molecule has 42 heavy (non-hydrogen) atoms. The van der Waals surface area contributed by atoms with Gasteiger partial charge in [-0.3, -0.25) is 19.2 Å². The Morgan fingerprint density at radius 3 is 2.05 bits per heavy atom. The maximum atomic E-state index is 12.6. The average Bonchev–Trinajstić information content (AvgIpc) is 3.58. The fourth-order valence-corrected chi connectivity index (χ4v) is 5.59. The zero-order chi connectivity index (χ0) is 30.4. The fourth-order valence-electron chi connectivity index (χ4n) is 4.57. The molecule has 0 aliphatic carbocycles. The normalized spacial score (nSPS) is 13.0. The van der Waals surface area contributed by atoms with Crippen LogP contribution in [0.15, 0.2) is 30.3 Å². The lowest BCUT2D eigenvalue weighted by Crippen LogP contribution is -2.25. The van der Waals surface area contributed by atoms with Crippen molar-refractivity contribution >= 4 is 45.1 Å². The second-order valence-electron chi connectivity index (χ2n) is 9.98. The largest absolute Gasteiger partial charge is 0.493 e. The van der Waals surface area contributed by atoms with Crippen molar-refractivity contribution in [3.05, 3.63) is 46.3 Å². The minimum Gasteiger partial charge on any atom is -0.493 e. The zero-order valence-electron chi connectivity index (χ0n) is 23.6. The number of fused-ring (bicyclic) bond motifs is 2. The number of aliphatic carboxylic acids is 2. The van der Waals surface area contributed by atoms with Crippen LogP contribution in [-0.2, 0) is 27.5 Å². The number of nitrogens with zero attached hydrogens (tertiary/aromatic N) is 1. The van der Waals surface area contributed by atoms with Crippen LogP contribution in [0.3, 0.4) is 0 Å². The van der Waals surface area contributed by atoms with E-state index in [4.69, 9.17) is 29.2 Å². The summed E-state index contributed by atoms with van der Waals surface area (Å²) in [6.45, 7) is 2.95. The molecule has 0 bridgehead atoms. The summed E-state index contributed by atoms with van der Waals surface area (Å²) in [5, 5.41) is 18.8. The predicted octanol–water partition coefficient (Wildman–Crippen LogP) is 4.77. The molecule has 2 heterocycles. The topological polar surface area (TPSA) is 149 Å². The monoisotopic (exact) mass is 599 g/mol. The summed E-state index contributed by atoms with van der Waals surface area (Å²) in [5.74, 6) is -1.07. The van der Waals surface area contributed by atoms with Crippen LogP contribution >= 0.6 is 11.3 Å². The third-order valence-corrected chi connectivity index (χ3v) is 8.05. The fraction of sp³-hybridized carbons (Fsp3) is 0.400. The van der Waals surface area contributed by atoms with Crippen LogP contribution in [0, 0.1) is 5.92 Å². The van der Waals surface area contributed by atoms with Crippen LogP contribution in [0.25, 0.3) is 10.1 Å². The number of carboxylic acids is 2. The van der Waals surface area contributed by atoms with Crippen molar-refractivity contribution in [2.24, 2.45) is 5.92 Å². The zero-order valence-corrected chi connectivity index (χ0v) is 24.5. The third-order valence-electron chi connectivity index (χ3n) is 6.91. The van der Waals surface area contributed by atoms with Gasteiger partial charge in [0.1, 0.15) is 0 Å². The van der Waals surface area contributed by atoms with Gasteiger partial charge in [0.2, 0.25) is 5.91 Å². The number of rotatable bonds is 15. The molecule has 0 saturated carbocycles. The van der Waals surface area contributed by atoms with Crippen LogP contribution in [0.4, 0.5) is 0 Å². The Bertz CT molecular complexity index is 1500.